The van der Waals surface area contributed by atoms with Crippen LogP contribution in [0.4, 0.5) is 0 Å². The number of rotatable bonds is 4. The van der Waals surface area contributed by atoms with Crippen LogP contribution in [0.3, 0.4) is 0 Å². The van der Waals surface area contributed by atoms with Crippen LogP contribution in [0.5, 0.6) is 11.5 Å². The van der Waals surface area contributed by atoms with Crippen molar-refractivity contribution in [3.63, 3.8) is 0 Å². The summed E-state index contributed by atoms with van der Waals surface area (Å²) in [6, 6.07) is 4.92. The molecule has 0 unspecified atom stereocenters. The lowest BCUT2D eigenvalue weighted by atomic mass is 9.94. The maximum Gasteiger partial charge on any atom is 0.231 e. The molecule has 1 aromatic rings. The SMILES string of the molecule is CCCC[C@H]1Cc2cc3c(cc2[C@H]1N(C)C)OCO3. The van der Waals surface area contributed by atoms with Crippen LogP contribution in [-0.2, 0) is 6.42 Å². The van der Waals surface area contributed by atoms with Crippen molar-refractivity contribution in [1.29, 1.82) is 0 Å². The van der Waals surface area contributed by atoms with Crippen molar-refractivity contribution in [3.8, 4) is 11.5 Å². The van der Waals surface area contributed by atoms with Crippen molar-refractivity contribution in [3.05, 3.63) is 23.3 Å². The second-order valence-electron chi connectivity index (χ2n) is 5.92. The van der Waals surface area contributed by atoms with Gasteiger partial charge in [-0.1, -0.05) is 19.8 Å². The van der Waals surface area contributed by atoms with E-state index in [-0.39, 0.29) is 0 Å². The van der Waals surface area contributed by atoms with E-state index in [1.54, 1.807) is 0 Å². The van der Waals surface area contributed by atoms with E-state index in [0.717, 1.165) is 17.4 Å². The summed E-state index contributed by atoms with van der Waals surface area (Å²) in [5, 5.41) is 0. The molecule has 1 aliphatic carbocycles. The minimum atomic E-state index is 0.365. The third kappa shape index (κ3) is 2.20. The van der Waals surface area contributed by atoms with Crippen LogP contribution in [-0.4, -0.2) is 25.8 Å². The summed E-state index contributed by atoms with van der Waals surface area (Å²) in [6.45, 7) is 2.63. The number of hydrogen-bond acceptors (Lipinski definition) is 3. The van der Waals surface area contributed by atoms with Crippen molar-refractivity contribution >= 4 is 0 Å². The van der Waals surface area contributed by atoms with Crippen LogP contribution in [0.25, 0.3) is 0 Å². The second kappa shape index (κ2) is 5.04. The van der Waals surface area contributed by atoms with Gasteiger partial charge in [-0.05, 0) is 56.1 Å². The molecule has 1 aliphatic heterocycles. The first-order chi connectivity index (χ1) is 9.20. The number of hydrogen-bond donors (Lipinski definition) is 0. The number of nitrogens with zero attached hydrogens (tertiary/aromatic N) is 1. The van der Waals surface area contributed by atoms with Gasteiger partial charge < -0.3 is 14.4 Å². The molecule has 0 saturated heterocycles. The number of benzene rings is 1. The van der Waals surface area contributed by atoms with Gasteiger partial charge in [0.1, 0.15) is 0 Å². The fourth-order valence-electron chi connectivity index (χ4n) is 3.53. The Balaban J connectivity index is 1.91. The molecule has 0 bridgehead atoms. The molecule has 0 radical (unpaired) electrons. The van der Waals surface area contributed by atoms with Gasteiger partial charge in [0.25, 0.3) is 0 Å². The maximum atomic E-state index is 5.53. The molecular weight excluding hydrogens is 238 g/mol. The number of ether oxygens (including phenoxy) is 2. The first-order valence-corrected chi connectivity index (χ1v) is 7.29. The van der Waals surface area contributed by atoms with Crippen LogP contribution in [0.1, 0.15) is 43.4 Å². The molecule has 1 aromatic carbocycles. The topological polar surface area (TPSA) is 21.7 Å². The lowest BCUT2D eigenvalue weighted by Gasteiger charge is -2.27. The largest absolute Gasteiger partial charge is 0.454 e. The van der Waals surface area contributed by atoms with E-state index in [1.165, 1.54) is 36.8 Å². The zero-order chi connectivity index (χ0) is 13.4. The quantitative estimate of drug-likeness (QED) is 0.829. The molecule has 0 amide bonds. The molecule has 2 aliphatic rings. The van der Waals surface area contributed by atoms with Gasteiger partial charge >= 0.3 is 0 Å². The molecule has 0 aromatic heterocycles. The zero-order valence-electron chi connectivity index (χ0n) is 12.1. The average Bonchev–Trinajstić information content (AvgIpc) is 2.95. The summed E-state index contributed by atoms with van der Waals surface area (Å²) in [5.74, 6) is 2.57. The van der Waals surface area contributed by atoms with Crippen LogP contribution >= 0.6 is 0 Å². The lowest BCUT2D eigenvalue weighted by molar-refractivity contribution is 0.173. The highest BCUT2D eigenvalue weighted by Crippen LogP contribution is 2.46. The molecule has 0 fully saturated rings. The summed E-state index contributed by atoms with van der Waals surface area (Å²) < 4.78 is 11.0. The van der Waals surface area contributed by atoms with E-state index in [0.29, 0.717) is 12.8 Å². The molecule has 3 nitrogen and oxygen atoms in total. The monoisotopic (exact) mass is 261 g/mol. The number of fused-ring (bicyclic) bond motifs is 2. The van der Waals surface area contributed by atoms with E-state index < -0.39 is 0 Å². The first kappa shape index (κ1) is 12.8. The van der Waals surface area contributed by atoms with Crippen LogP contribution < -0.4 is 9.47 Å². The van der Waals surface area contributed by atoms with Gasteiger partial charge in [-0.15, -0.1) is 0 Å². The maximum absolute atomic E-state index is 5.53. The highest BCUT2D eigenvalue weighted by molar-refractivity contribution is 5.51. The van der Waals surface area contributed by atoms with Crippen LogP contribution in [0.15, 0.2) is 12.1 Å². The highest BCUT2D eigenvalue weighted by atomic mass is 16.7. The molecule has 3 rings (SSSR count). The Bertz CT molecular complexity index is 470. The Morgan fingerprint density at radius 1 is 1.21 bits per heavy atom. The minimum absolute atomic E-state index is 0.365. The second-order valence-corrected chi connectivity index (χ2v) is 5.92. The Hall–Kier alpha value is -1.22. The normalized spacial score (nSPS) is 24.0. The third-order valence-corrected chi connectivity index (χ3v) is 4.37. The standard InChI is InChI=1S/C16H23NO2/c1-4-5-6-11-7-12-8-14-15(19-10-18-14)9-13(12)16(11)17(2)3/h8-9,11,16H,4-7,10H2,1-3H3/t11-,16-/m0/s1. The summed E-state index contributed by atoms with van der Waals surface area (Å²) in [7, 11) is 4.37. The molecule has 19 heavy (non-hydrogen) atoms. The molecule has 0 N–H and O–H groups in total. The van der Waals surface area contributed by atoms with Gasteiger partial charge in [0.15, 0.2) is 11.5 Å². The first-order valence-electron chi connectivity index (χ1n) is 7.29. The van der Waals surface area contributed by atoms with E-state index in [4.69, 9.17) is 9.47 Å². The smallest absolute Gasteiger partial charge is 0.231 e. The Kier molecular flexibility index (Phi) is 3.40. The van der Waals surface area contributed by atoms with Gasteiger partial charge in [0.2, 0.25) is 6.79 Å². The molecule has 0 spiro atoms. The zero-order valence-corrected chi connectivity index (χ0v) is 12.1. The van der Waals surface area contributed by atoms with Crippen molar-refractivity contribution in [2.75, 3.05) is 20.9 Å². The summed E-state index contributed by atoms with van der Waals surface area (Å²) >= 11 is 0. The fourth-order valence-corrected chi connectivity index (χ4v) is 3.53. The third-order valence-electron chi connectivity index (χ3n) is 4.37. The highest BCUT2D eigenvalue weighted by Gasteiger charge is 2.35. The average molecular weight is 261 g/mol. The molecule has 1 heterocycles. The Labute approximate surface area is 115 Å². The minimum Gasteiger partial charge on any atom is -0.454 e. The van der Waals surface area contributed by atoms with Gasteiger partial charge in [-0.2, -0.15) is 0 Å². The van der Waals surface area contributed by atoms with Crippen LogP contribution in [0.2, 0.25) is 0 Å². The molecule has 2 atom stereocenters. The van der Waals surface area contributed by atoms with Gasteiger partial charge in [-0.25, -0.2) is 0 Å². The van der Waals surface area contributed by atoms with E-state index in [1.807, 2.05) is 0 Å². The Morgan fingerprint density at radius 3 is 2.63 bits per heavy atom. The van der Waals surface area contributed by atoms with Crippen molar-refractivity contribution in [2.24, 2.45) is 5.92 Å². The van der Waals surface area contributed by atoms with E-state index in [9.17, 15) is 0 Å². The molecular formula is C16H23NO2. The summed E-state index contributed by atoms with van der Waals surface area (Å²) in [4.78, 5) is 2.36. The van der Waals surface area contributed by atoms with E-state index in [2.05, 4.69) is 38.1 Å². The summed E-state index contributed by atoms with van der Waals surface area (Å²) in [5.41, 5.74) is 2.89. The van der Waals surface area contributed by atoms with Crippen molar-refractivity contribution in [1.82, 2.24) is 4.90 Å². The van der Waals surface area contributed by atoms with Gasteiger partial charge in [0.05, 0.1) is 0 Å². The summed E-state index contributed by atoms with van der Waals surface area (Å²) in [6.07, 6.45) is 5.07. The molecule has 3 heteroatoms. The van der Waals surface area contributed by atoms with Gasteiger partial charge in [-0.3, -0.25) is 0 Å². The van der Waals surface area contributed by atoms with Crippen molar-refractivity contribution < 1.29 is 9.47 Å². The number of unbranched alkanes of at least 4 members (excludes halogenated alkanes) is 1. The molecule has 0 saturated carbocycles. The van der Waals surface area contributed by atoms with Crippen LogP contribution in [0, 0.1) is 5.92 Å². The fraction of sp³-hybridized carbons (Fsp3) is 0.625. The lowest BCUT2D eigenvalue weighted by Crippen LogP contribution is -2.24. The Morgan fingerprint density at radius 2 is 1.95 bits per heavy atom. The predicted molar refractivity (Wildman–Crippen MR) is 75.7 cm³/mol. The molecule has 104 valence electrons. The van der Waals surface area contributed by atoms with Gasteiger partial charge in [0, 0.05) is 6.04 Å². The van der Waals surface area contributed by atoms with Crippen molar-refractivity contribution in [2.45, 2.75) is 38.6 Å². The predicted octanol–water partition coefficient (Wildman–Crippen LogP) is 3.38. The van der Waals surface area contributed by atoms with E-state index >= 15 is 0 Å².